The Morgan fingerprint density at radius 1 is 1.07 bits per heavy atom. The summed E-state index contributed by atoms with van der Waals surface area (Å²) in [6.45, 7) is 5.16. The minimum atomic E-state index is -0.0137. The quantitative estimate of drug-likeness (QED) is 0.768. The van der Waals surface area contributed by atoms with Crippen molar-refractivity contribution < 1.29 is 4.79 Å². The minimum absolute atomic E-state index is 0.0137. The SMILES string of the molecule is CN1CCN(c2ccc(NCC(=O)NCCc3cccc(Cl)c3)cc2)CC1. The summed E-state index contributed by atoms with van der Waals surface area (Å²) in [7, 11) is 2.16. The molecular weight excluding hydrogens is 360 g/mol. The summed E-state index contributed by atoms with van der Waals surface area (Å²) in [6.07, 6.45) is 0.770. The lowest BCUT2D eigenvalue weighted by Gasteiger charge is -2.34. The van der Waals surface area contributed by atoms with Crippen LogP contribution >= 0.6 is 11.6 Å². The van der Waals surface area contributed by atoms with Crippen LogP contribution < -0.4 is 15.5 Å². The molecular formula is C21H27ClN4O. The monoisotopic (exact) mass is 386 g/mol. The molecule has 0 bridgehead atoms. The van der Waals surface area contributed by atoms with E-state index in [1.807, 2.05) is 36.4 Å². The Bertz CT molecular complexity index is 742. The van der Waals surface area contributed by atoms with E-state index in [2.05, 4.69) is 39.6 Å². The molecule has 1 aliphatic rings. The zero-order valence-electron chi connectivity index (χ0n) is 15.7. The maximum Gasteiger partial charge on any atom is 0.239 e. The van der Waals surface area contributed by atoms with E-state index < -0.39 is 0 Å². The van der Waals surface area contributed by atoms with Gasteiger partial charge >= 0.3 is 0 Å². The predicted molar refractivity (Wildman–Crippen MR) is 113 cm³/mol. The second-order valence-electron chi connectivity index (χ2n) is 6.92. The molecule has 0 atom stereocenters. The average Bonchev–Trinajstić information content (AvgIpc) is 2.68. The Kier molecular flexibility index (Phi) is 6.96. The number of rotatable bonds is 7. The lowest BCUT2D eigenvalue weighted by atomic mass is 10.1. The molecule has 2 N–H and O–H groups in total. The molecule has 6 heteroatoms. The maximum atomic E-state index is 12.0. The van der Waals surface area contributed by atoms with Gasteiger partial charge in [0.2, 0.25) is 5.91 Å². The molecule has 0 spiro atoms. The van der Waals surface area contributed by atoms with Gasteiger partial charge in [0.05, 0.1) is 6.54 Å². The molecule has 1 fully saturated rings. The topological polar surface area (TPSA) is 47.6 Å². The van der Waals surface area contributed by atoms with Crippen LogP contribution in [-0.2, 0) is 11.2 Å². The summed E-state index contributed by atoms with van der Waals surface area (Å²) < 4.78 is 0. The molecule has 1 heterocycles. The standard InChI is InChI=1S/C21H27ClN4O/c1-25-11-13-26(14-12-25)20-7-5-19(6-8-20)24-16-21(27)23-10-9-17-3-2-4-18(22)15-17/h2-8,15,24H,9-14,16H2,1H3,(H,23,27). The lowest BCUT2D eigenvalue weighted by molar-refractivity contribution is -0.119. The van der Waals surface area contributed by atoms with Crippen LogP contribution in [0.25, 0.3) is 0 Å². The van der Waals surface area contributed by atoms with Gasteiger partial charge in [0, 0.05) is 49.1 Å². The summed E-state index contributed by atoms with van der Waals surface area (Å²) in [5.41, 5.74) is 3.31. The molecule has 0 radical (unpaired) electrons. The van der Waals surface area contributed by atoms with Gasteiger partial charge in [0.1, 0.15) is 0 Å². The Labute approximate surface area is 166 Å². The highest BCUT2D eigenvalue weighted by Gasteiger charge is 2.13. The van der Waals surface area contributed by atoms with Gasteiger partial charge < -0.3 is 20.4 Å². The van der Waals surface area contributed by atoms with Crippen LogP contribution in [-0.4, -0.2) is 57.1 Å². The van der Waals surface area contributed by atoms with E-state index in [-0.39, 0.29) is 12.5 Å². The molecule has 3 rings (SSSR count). The minimum Gasteiger partial charge on any atom is -0.376 e. The van der Waals surface area contributed by atoms with Gasteiger partial charge in [-0.1, -0.05) is 23.7 Å². The summed E-state index contributed by atoms with van der Waals surface area (Å²) in [6, 6.07) is 16.0. The Hall–Kier alpha value is -2.24. The number of nitrogens with zero attached hydrogens (tertiary/aromatic N) is 2. The largest absolute Gasteiger partial charge is 0.376 e. The fraction of sp³-hybridized carbons (Fsp3) is 0.381. The van der Waals surface area contributed by atoms with E-state index in [1.54, 1.807) is 0 Å². The van der Waals surface area contributed by atoms with Gasteiger partial charge in [-0.2, -0.15) is 0 Å². The van der Waals surface area contributed by atoms with Crippen molar-refractivity contribution in [2.75, 3.05) is 56.5 Å². The number of carbonyl (C=O) groups is 1. The number of anilines is 2. The van der Waals surface area contributed by atoms with Crippen molar-refractivity contribution in [2.45, 2.75) is 6.42 Å². The molecule has 5 nitrogen and oxygen atoms in total. The van der Waals surface area contributed by atoms with Gasteiger partial charge in [-0.3, -0.25) is 4.79 Å². The van der Waals surface area contributed by atoms with Crippen molar-refractivity contribution in [3.8, 4) is 0 Å². The van der Waals surface area contributed by atoms with Crippen LogP contribution in [0.15, 0.2) is 48.5 Å². The highest BCUT2D eigenvalue weighted by atomic mass is 35.5. The zero-order chi connectivity index (χ0) is 19.1. The van der Waals surface area contributed by atoms with Crippen LogP contribution in [0.5, 0.6) is 0 Å². The Morgan fingerprint density at radius 3 is 2.52 bits per heavy atom. The van der Waals surface area contributed by atoms with Crippen molar-refractivity contribution in [3.63, 3.8) is 0 Å². The first-order valence-corrected chi connectivity index (χ1v) is 9.76. The van der Waals surface area contributed by atoms with E-state index in [4.69, 9.17) is 11.6 Å². The van der Waals surface area contributed by atoms with Crippen LogP contribution in [0.1, 0.15) is 5.56 Å². The number of amides is 1. The number of halogens is 1. The summed E-state index contributed by atoms with van der Waals surface area (Å²) >= 11 is 5.97. The van der Waals surface area contributed by atoms with E-state index in [0.717, 1.165) is 48.9 Å². The summed E-state index contributed by atoms with van der Waals surface area (Å²) in [4.78, 5) is 16.7. The zero-order valence-corrected chi connectivity index (χ0v) is 16.5. The number of likely N-dealkylation sites (N-methyl/N-ethyl adjacent to an activating group) is 1. The third-order valence-corrected chi connectivity index (χ3v) is 5.05. The molecule has 0 aliphatic carbocycles. The molecule has 1 amide bonds. The predicted octanol–water partition coefficient (Wildman–Crippen LogP) is 2.86. The number of carbonyl (C=O) groups excluding carboxylic acids is 1. The molecule has 144 valence electrons. The van der Waals surface area contributed by atoms with Crippen molar-refractivity contribution in [1.82, 2.24) is 10.2 Å². The third kappa shape index (κ3) is 6.15. The molecule has 0 saturated carbocycles. The van der Waals surface area contributed by atoms with Crippen LogP contribution in [0.3, 0.4) is 0 Å². The molecule has 27 heavy (non-hydrogen) atoms. The number of nitrogens with one attached hydrogen (secondary N) is 2. The smallest absolute Gasteiger partial charge is 0.239 e. The van der Waals surface area contributed by atoms with Crippen LogP contribution in [0, 0.1) is 0 Å². The maximum absolute atomic E-state index is 12.0. The lowest BCUT2D eigenvalue weighted by Crippen LogP contribution is -2.44. The summed E-state index contributed by atoms with van der Waals surface area (Å²) in [5.74, 6) is -0.0137. The molecule has 2 aromatic carbocycles. The van der Waals surface area contributed by atoms with Crippen molar-refractivity contribution in [3.05, 3.63) is 59.1 Å². The Morgan fingerprint density at radius 2 is 1.81 bits per heavy atom. The van der Waals surface area contributed by atoms with Gasteiger partial charge in [0.15, 0.2) is 0 Å². The van der Waals surface area contributed by atoms with Gasteiger partial charge in [-0.05, 0) is 55.4 Å². The first kappa shape index (κ1) is 19.5. The average molecular weight is 387 g/mol. The molecule has 2 aromatic rings. The van der Waals surface area contributed by atoms with Crippen LogP contribution in [0.2, 0.25) is 5.02 Å². The first-order valence-electron chi connectivity index (χ1n) is 9.39. The summed E-state index contributed by atoms with van der Waals surface area (Å²) in [5, 5.41) is 6.83. The van der Waals surface area contributed by atoms with E-state index >= 15 is 0 Å². The second kappa shape index (κ2) is 9.62. The normalized spacial score (nSPS) is 14.8. The first-order chi connectivity index (χ1) is 13.1. The van der Waals surface area contributed by atoms with E-state index in [1.165, 1.54) is 5.69 Å². The molecule has 1 aliphatic heterocycles. The fourth-order valence-electron chi connectivity index (χ4n) is 3.14. The van der Waals surface area contributed by atoms with Gasteiger partial charge in [0.25, 0.3) is 0 Å². The number of hydrogen-bond acceptors (Lipinski definition) is 4. The molecule has 1 saturated heterocycles. The van der Waals surface area contributed by atoms with Gasteiger partial charge in [-0.15, -0.1) is 0 Å². The van der Waals surface area contributed by atoms with E-state index in [9.17, 15) is 4.79 Å². The Balaban J connectivity index is 1.38. The highest BCUT2D eigenvalue weighted by molar-refractivity contribution is 6.30. The number of hydrogen-bond donors (Lipinski definition) is 2. The van der Waals surface area contributed by atoms with E-state index in [0.29, 0.717) is 6.54 Å². The van der Waals surface area contributed by atoms with Crippen molar-refractivity contribution in [2.24, 2.45) is 0 Å². The van der Waals surface area contributed by atoms with Crippen LogP contribution in [0.4, 0.5) is 11.4 Å². The second-order valence-corrected chi connectivity index (χ2v) is 7.36. The molecule has 0 unspecified atom stereocenters. The third-order valence-electron chi connectivity index (χ3n) is 4.81. The fourth-order valence-corrected chi connectivity index (χ4v) is 3.35. The van der Waals surface area contributed by atoms with Crippen molar-refractivity contribution in [1.29, 1.82) is 0 Å². The number of piperazine rings is 1. The number of benzene rings is 2. The van der Waals surface area contributed by atoms with Gasteiger partial charge in [-0.25, -0.2) is 0 Å². The highest BCUT2D eigenvalue weighted by Crippen LogP contribution is 2.19. The molecule has 0 aromatic heterocycles. The van der Waals surface area contributed by atoms with Crippen molar-refractivity contribution >= 4 is 28.9 Å².